The van der Waals surface area contributed by atoms with Crippen molar-refractivity contribution in [3.05, 3.63) is 57.5 Å². The summed E-state index contributed by atoms with van der Waals surface area (Å²) in [6, 6.07) is 12.2. The van der Waals surface area contributed by atoms with Gasteiger partial charge in [0.2, 0.25) is 0 Å². The van der Waals surface area contributed by atoms with Gasteiger partial charge in [0.1, 0.15) is 11.5 Å². The molecule has 2 aromatic rings. The SMILES string of the molecule is CNC(=O)c1ccc(Oc2ccc(Cl)cc2)c(Br)c1. The molecule has 0 unspecified atom stereocenters. The summed E-state index contributed by atoms with van der Waals surface area (Å²) in [4.78, 5) is 11.5. The first-order valence-electron chi connectivity index (χ1n) is 5.55. The predicted octanol–water partition coefficient (Wildman–Crippen LogP) is 4.25. The number of nitrogens with one attached hydrogen (secondary N) is 1. The summed E-state index contributed by atoms with van der Waals surface area (Å²) >= 11 is 9.19. The van der Waals surface area contributed by atoms with Crippen molar-refractivity contribution in [3.63, 3.8) is 0 Å². The molecular weight excluding hydrogens is 330 g/mol. The fourth-order valence-corrected chi connectivity index (χ4v) is 2.08. The van der Waals surface area contributed by atoms with Crippen molar-refractivity contribution in [2.45, 2.75) is 0 Å². The number of rotatable bonds is 3. The van der Waals surface area contributed by atoms with Gasteiger partial charge in [-0.15, -0.1) is 0 Å². The first-order valence-corrected chi connectivity index (χ1v) is 6.72. The molecule has 0 radical (unpaired) electrons. The van der Waals surface area contributed by atoms with Crippen molar-refractivity contribution in [2.24, 2.45) is 0 Å². The molecule has 2 aromatic carbocycles. The maximum atomic E-state index is 11.5. The second-order valence-electron chi connectivity index (χ2n) is 3.78. The van der Waals surface area contributed by atoms with Gasteiger partial charge in [-0.2, -0.15) is 0 Å². The summed E-state index contributed by atoms with van der Waals surface area (Å²) in [5, 5.41) is 3.22. The van der Waals surface area contributed by atoms with E-state index in [0.717, 1.165) is 0 Å². The number of benzene rings is 2. The predicted molar refractivity (Wildman–Crippen MR) is 79.1 cm³/mol. The van der Waals surface area contributed by atoms with E-state index in [0.29, 0.717) is 26.6 Å². The van der Waals surface area contributed by atoms with Crippen molar-refractivity contribution in [2.75, 3.05) is 7.05 Å². The molecule has 0 aliphatic heterocycles. The normalized spacial score (nSPS) is 10.1. The van der Waals surface area contributed by atoms with Crippen LogP contribution in [0.5, 0.6) is 11.5 Å². The molecule has 0 spiro atoms. The lowest BCUT2D eigenvalue weighted by Crippen LogP contribution is -2.17. The highest BCUT2D eigenvalue weighted by Gasteiger charge is 2.08. The van der Waals surface area contributed by atoms with E-state index in [4.69, 9.17) is 16.3 Å². The summed E-state index contributed by atoms with van der Waals surface area (Å²) in [5.41, 5.74) is 0.567. The van der Waals surface area contributed by atoms with Gasteiger partial charge in [0.05, 0.1) is 4.47 Å². The zero-order valence-corrected chi connectivity index (χ0v) is 12.5. The van der Waals surface area contributed by atoms with Crippen molar-refractivity contribution >= 4 is 33.4 Å². The van der Waals surface area contributed by atoms with Gasteiger partial charge in [0, 0.05) is 17.6 Å². The third-order valence-electron chi connectivity index (χ3n) is 2.46. The molecule has 98 valence electrons. The lowest BCUT2D eigenvalue weighted by atomic mass is 10.2. The number of hydrogen-bond donors (Lipinski definition) is 1. The van der Waals surface area contributed by atoms with E-state index in [2.05, 4.69) is 21.2 Å². The number of carbonyl (C=O) groups excluding carboxylic acids is 1. The minimum atomic E-state index is -0.140. The van der Waals surface area contributed by atoms with E-state index < -0.39 is 0 Å². The van der Waals surface area contributed by atoms with Gasteiger partial charge in [-0.05, 0) is 58.4 Å². The summed E-state index contributed by atoms with van der Waals surface area (Å²) < 4.78 is 6.41. The molecule has 0 aliphatic rings. The van der Waals surface area contributed by atoms with Crippen LogP contribution in [-0.4, -0.2) is 13.0 Å². The third-order valence-corrected chi connectivity index (χ3v) is 3.33. The molecule has 0 aliphatic carbocycles. The maximum absolute atomic E-state index is 11.5. The Morgan fingerprint density at radius 2 is 1.89 bits per heavy atom. The largest absolute Gasteiger partial charge is 0.456 e. The molecule has 0 atom stereocenters. The highest BCUT2D eigenvalue weighted by atomic mass is 79.9. The molecule has 1 N–H and O–H groups in total. The van der Waals surface area contributed by atoms with Gasteiger partial charge in [0.15, 0.2) is 0 Å². The minimum absolute atomic E-state index is 0.140. The van der Waals surface area contributed by atoms with E-state index in [1.165, 1.54) is 0 Å². The molecule has 0 heterocycles. The van der Waals surface area contributed by atoms with Crippen LogP contribution in [0, 0.1) is 0 Å². The molecule has 0 saturated heterocycles. The zero-order chi connectivity index (χ0) is 13.8. The Hall–Kier alpha value is -1.52. The van der Waals surface area contributed by atoms with Crippen LogP contribution in [0.3, 0.4) is 0 Å². The molecule has 0 bridgehead atoms. The molecule has 2 rings (SSSR count). The van der Waals surface area contributed by atoms with Crippen LogP contribution < -0.4 is 10.1 Å². The molecule has 0 saturated carbocycles. The van der Waals surface area contributed by atoms with Gasteiger partial charge in [-0.1, -0.05) is 11.6 Å². The summed E-state index contributed by atoms with van der Waals surface area (Å²) in [6.45, 7) is 0. The fraction of sp³-hybridized carbons (Fsp3) is 0.0714. The van der Waals surface area contributed by atoms with Crippen LogP contribution in [0.25, 0.3) is 0 Å². The van der Waals surface area contributed by atoms with Crippen LogP contribution in [-0.2, 0) is 0 Å². The Bertz CT molecular complexity index is 599. The molecular formula is C14H11BrClNO2. The Morgan fingerprint density at radius 1 is 1.21 bits per heavy atom. The molecule has 0 aromatic heterocycles. The lowest BCUT2D eigenvalue weighted by molar-refractivity contribution is 0.0963. The Labute approximate surface area is 124 Å². The van der Waals surface area contributed by atoms with Gasteiger partial charge >= 0.3 is 0 Å². The average molecular weight is 341 g/mol. The third kappa shape index (κ3) is 3.49. The van der Waals surface area contributed by atoms with Crippen LogP contribution in [0.4, 0.5) is 0 Å². The molecule has 1 amide bonds. The number of halogens is 2. The molecule has 5 heteroatoms. The van der Waals surface area contributed by atoms with E-state index in [1.54, 1.807) is 49.5 Å². The fourth-order valence-electron chi connectivity index (χ4n) is 1.50. The van der Waals surface area contributed by atoms with Crippen LogP contribution in [0.1, 0.15) is 10.4 Å². The van der Waals surface area contributed by atoms with E-state index >= 15 is 0 Å². The maximum Gasteiger partial charge on any atom is 0.251 e. The zero-order valence-electron chi connectivity index (χ0n) is 10.1. The Morgan fingerprint density at radius 3 is 2.47 bits per heavy atom. The van der Waals surface area contributed by atoms with E-state index in [1.807, 2.05) is 0 Å². The highest BCUT2D eigenvalue weighted by molar-refractivity contribution is 9.10. The first kappa shape index (κ1) is 13.9. The minimum Gasteiger partial charge on any atom is -0.456 e. The topological polar surface area (TPSA) is 38.3 Å². The second kappa shape index (κ2) is 6.08. The van der Waals surface area contributed by atoms with Crippen molar-refractivity contribution in [3.8, 4) is 11.5 Å². The second-order valence-corrected chi connectivity index (χ2v) is 5.07. The summed E-state index contributed by atoms with van der Waals surface area (Å²) in [5.74, 6) is 1.17. The highest BCUT2D eigenvalue weighted by Crippen LogP contribution is 2.31. The van der Waals surface area contributed by atoms with Gasteiger partial charge in [-0.25, -0.2) is 0 Å². The van der Waals surface area contributed by atoms with Gasteiger partial charge < -0.3 is 10.1 Å². The van der Waals surface area contributed by atoms with E-state index in [9.17, 15) is 4.79 Å². The summed E-state index contributed by atoms with van der Waals surface area (Å²) in [7, 11) is 1.59. The lowest BCUT2D eigenvalue weighted by Gasteiger charge is -2.09. The molecule has 0 fully saturated rings. The quantitative estimate of drug-likeness (QED) is 0.907. The number of amides is 1. The standard InChI is InChI=1S/C14H11BrClNO2/c1-17-14(18)9-2-7-13(12(15)8-9)19-11-5-3-10(16)4-6-11/h2-8H,1H3,(H,17,18). The Balaban J connectivity index is 2.22. The molecule has 3 nitrogen and oxygen atoms in total. The van der Waals surface area contributed by atoms with Crippen LogP contribution in [0.15, 0.2) is 46.9 Å². The Kier molecular flexibility index (Phi) is 4.45. The molecule has 19 heavy (non-hydrogen) atoms. The monoisotopic (exact) mass is 339 g/mol. The van der Waals surface area contributed by atoms with Crippen LogP contribution in [0.2, 0.25) is 5.02 Å². The average Bonchev–Trinajstić information content (AvgIpc) is 2.42. The van der Waals surface area contributed by atoms with Gasteiger partial charge in [-0.3, -0.25) is 4.79 Å². The van der Waals surface area contributed by atoms with Gasteiger partial charge in [0.25, 0.3) is 5.91 Å². The van der Waals surface area contributed by atoms with E-state index in [-0.39, 0.29) is 5.91 Å². The van der Waals surface area contributed by atoms with Crippen LogP contribution >= 0.6 is 27.5 Å². The number of hydrogen-bond acceptors (Lipinski definition) is 2. The van der Waals surface area contributed by atoms with Crippen molar-refractivity contribution < 1.29 is 9.53 Å². The summed E-state index contributed by atoms with van der Waals surface area (Å²) in [6.07, 6.45) is 0. The smallest absolute Gasteiger partial charge is 0.251 e. The van der Waals surface area contributed by atoms with Crippen molar-refractivity contribution in [1.82, 2.24) is 5.32 Å². The number of carbonyl (C=O) groups is 1. The first-order chi connectivity index (χ1) is 9.10. The number of ether oxygens (including phenoxy) is 1. The van der Waals surface area contributed by atoms with Crippen molar-refractivity contribution in [1.29, 1.82) is 0 Å².